The number of hydrazone groups is 1. The van der Waals surface area contributed by atoms with Crippen molar-refractivity contribution in [3.05, 3.63) is 75.2 Å². The van der Waals surface area contributed by atoms with Crippen LogP contribution < -0.4 is 5.43 Å². The van der Waals surface area contributed by atoms with E-state index in [1.54, 1.807) is 12.3 Å². The first-order valence-corrected chi connectivity index (χ1v) is 8.06. The third kappa shape index (κ3) is 3.64. The molecule has 0 saturated heterocycles. The SMILES string of the molecule is Cc1ccc([N+](=O)[O-])cc1C=NNc1nc(-c2ccccc2)cs1. The first-order chi connectivity index (χ1) is 11.6. The maximum atomic E-state index is 10.8. The maximum absolute atomic E-state index is 10.8. The quantitative estimate of drug-likeness (QED) is 0.423. The summed E-state index contributed by atoms with van der Waals surface area (Å²) in [4.78, 5) is 14.9. The Kier molecular flexibility index (Phi) is 4.62. The van der Waals surface area contributed by atoms with Crippen LogP contribution >= 0.6 is 11.3 Å². The standard InChI is InChI=1S/C17H14N4O2S/c1-12-7-8-15(21(22)23)9-14(12)10-18-20-17-19-16(11-24-17)13-5-3-2-4-6-13/h2-11H,1H3,(H,19,20). The predicted molar refractivity (Wildman–Crippen MR) is 96.6 cm³/mol. The van der Waals surface area contributed by atoms with E-state index in [2.05, 4.69) is 15.5 Å². The van der Waals surface area contributed by atoms with Crippen LogP contribution in [0.25, 0.3) is 11.3 Å². The molecule has 0 aliphatic rings. The molecule has 0 saturated carbocycles. The van der Waals surface area contributed by atoms with E-state index < -0.39 is 4.92 Å². The molecule has 0 atom stereocenters. The molecular weight excluding hydrogens is 324 g/mol. The Morgan fingerprint density at radius 2 is 2.04 bits per heavy atom. The summed E-state index contributed by atoms with van der Waals surface area (Å²) in [6.07, 6.45) is 1.56. The molecule has 2 aromatic carbocycles. The number of thiazole rings is 1. The Labute approximate surface area is 142 Å². The van der Waals surface area contributed by atoms with Gasteiger partial charge in [-0.25, -0.2) is 4.98 Å². The van der Waals surface area contributed by atoms with E-state index in [4.69, 9.17) is 0 Å². The van der Waals surface area contributed by atoms with E-state index in [9.17, 15) is 10.1 Å². The smallest absolute Gasteiger partial charge is 0.258 e. The molecule has 1 N–H and O–H groups in total. The second-order valence-corrected chi connectivity index (χ2v) is 5.93. The van der Waals surface area contributed by atoms with Crippen LogP contribution in [0.1, 0.15) is 11.1 Å². The minimum Gasteiger partial charge on any atom is -0.258 e. The Balaban J connectivity index is 1.72. The van der Waals surface area contributed by atoms with E-state index in [0.29, 0.717) is 10.7 Å². The minimum absolute atomic E-state index is 0.0441. The van der Waals surface area contributed by atoms with Gasteiger partial charge in [-0.2, -0.15) is 5.10 Å². The molecule has 1 aromatic heterocycles. The van der Waals surface area contributed by atoms with Crippen LogP contribution in [0.2, 0.25) is 0 Å². The first-order valence-electron chi connectivity index (χ1n) is 7.18. The second-order valence-electron chi connectivity index (χ2n) is 5.07. The van der Waals surface area contributed by atoms with Gasteiger partial charge in [0.05, 0.1) is 16.8 Å². The molecule has 0 bridgehead atoms. The van der Waals surface area contributed by atoms with Crippen molar-refractivity contribution in [2.24, 2.45) is 5.10 Å². The molecule has 120 valence electrons. The summed E-state index contributed by atoms with van der Waals surface area (Å²) in [6, 6.07) is 14.6. The van der Waals surface area contributed by atoms with E-state index in [0.717, 1.165) is 16.8 Å². The molecule has 0 spiro atoms. The van der Waals surface area contributed by atoms with Gasteiger partial charge >= 0.3 is 0 Å². The highest BCUT2D eigenvalue weighted by molar-refractivity contribution is 7.14. The summed E-state index contributed by atoms with van der Waals surface area (Å²) in [7, 11) is 0. The van der Waals surface area contributed by atoms with Gasteiger partial charge in [0.1, 0.15) is 0 Å². The van der Waals surface area contributed by atoms with Crippen molar-refractivity contribution in [2.45, 2.75) is 6.92 Å². The molecule has 6 nitrogen and oxygen atoms in total. The fourth-order valence-electron chi connectivity index (χ4n) is 2.10. The van der Waals surface area contributed by atoms with Crippen molar-refractivity contribution in [3.63, 3.8) is 0 Å². The van der Waals surface area contributed by atoms with Crippen LogP contribution in [0.4, 0.5) is 10.8 Å². The zero-order valence-corrected chi connectivity index (χ0v) is 13.7. The summed E-state index contributed by atoms with van der Waals surface area (Å²) in [5.41, 5.74) is 6.44. The third-order valence-corrected chi connectivity index (χ3v) is 4.16. The van der Waals surface area contributed by atoms with Crippen molar-refractivity contribution in [1.82, 2.24) is 4.98 Å². The molecule has 7 heteroatoms. The van der Waals surface area contributed by atoms with Gasteiger partial charge in [0.25, 0.3) is 5.69 Å². The monoisotopic (exact) mass is 338 g/mol. The molecule has 0 unspecified atom stereocenters. The lowest BCUT2D eigenvalue weighted by molar-refractivity contribution is -0.384. The summed E-state index contributed by atoms with van der Waals surface area (Å²) >= 11 is 1.45. The number of aromatic nitrogens is 1. The zero-order valence-electron chi connectivity index (χ0n) is 12.8. The average molecular weight is 338 g/mol. The Morgan fingerprint density at radius 1 is 1.25 bits per heavy atom. The number of nitro groups is 1. The van der Waals surface area contributed by atoms with Crippen LogP contribution in [0.5, 0.6) is 0 Å². The van der Waals surface area contributed by atoms with Gasteiger partial charge in [-0.3, -0.25) is 15.5 Å². The largest absolute Gasteiger partial charge is 0.270 e. The van der Waals surface area contributed by atoms with Crippen LogP contribution in [0, 0.1) is 17.0 Å². The molecule has 3 aromatic rings. The molecule has 0 radical (unpaired) electrons. The van der Waals surface area contributed by atoms with Gasteiger partial charge in [-0.15, -0.1) is 11.3 Å². The first kappa shape index (κ1) is 15.8. The normalized spacial score (nSPS) is 10.9. The topological polar surface area (TPSA) is 80.4 Å². The maximum Gasteiger partial charge on any atom is 0.270 e. The summed E-state index contributed by atoms with van der Waals surface area (Å²) in [5.74, 6) is 0. The van der Waals surface area contributed by atoms with Crippen molar-refractivity contribution in [3.8, 4) is 11.3 Å². The number of nitrogens with one attached hydrogen (secondary N) is 1. The van der Waals surface area contributed by atoms with Gasteiger partial charge in [-0.05, 0) is 12.5 Å². The molecule has 0 aliphatic heterocycles. The van der Waals surface area contributed by atoms with E-state index >= 15 is 0 Å². The van der Waals surface area contributed by atoms with Gasteiger partial charge in [0, 0.05) is 28.6 Å². The van der Waals surface area contributed by atoms with Crippen molar-refractivity contribution >= 4 is 28.4 Å². The van der Waals surface area contributed by atoms with Crippen molar-refractivity contribution in [2.75, 3.05) is 5.43 Å². The molecule has 24 heavy (non-hydrogen) atoms. The molecule has 0 aliphatic carbocycles. The molecule has 0 amide bonds. The third-order valence-electron chi connectivity index (χ3n) is 3.41. The average Bonchev–Trinajstić information content (AvgIpc) is 3.06. The summed E-state index contributed by atoms with van der Waals surface area (Å²) in [6.45, 7) is 1.88. The van der Waals surface area contributed by atoms with E-state index in [1.165, 1.54) is 23.5 Å². The highest BCUT2D eigenvalue weighted by atomic mass is 32.1. The highest BCUT2D eigenvalue weighted by Gasteiger charge is 2.07. The number of hydrogen-bond donors (Lipinski definition) is 1. The molecule has 0 fully saturated rings. The van der Waals surface area contributed by atoms with Gasteiger partial charge in [0.2, 0.25) is 5.13 Å². The van der Waals surface area contributed by atoms with Gasteiger partial charge < -0.3 is 0 Å². The number of non-ortho nitro benzene ring substituents is 1. The summed E-state index contributed by atoms with van der Waals surface area (Å²) in [5, 5.41) is 17.6. The van der Waals surface area contributed by atoms with Crippen LogP contribution in [0.15, 0.2) is 59.0 Å². The minimum atomic E-state index is -0.419. The van der Waals surface area contributed by atoms with E-state index in [1.807, 2.05) is 42.6 Å². The van der Waals surface area contributed by atoms with Gasteiger partial charge in [0.15, 0.2) is 0 Å². The van der Waals surface area contributed by atoms with Crippen LogP contribution in [0.3, 0.4) is 0 Å². The van der Waals surface area contributed by atoms with E-state index in [-0.39, 0.29) is 5.69 Å². The Morgan fingerprint density at radius 3 is 2.79 bits per heavy atom. The zero-order chi connectivity index (χ0) is 16.9. The molecule has 1 heterocycles. The number of nitro benzene ring substituents is 1. The second kappa shape index (κ2) is 7.01. The fraction of sp³-hybridized carbons (Fsp3) is 0.0588. The van der Waals surface area contributed by atoms with Crippen molar-refractivity contribution < 1.29 is 4.92 Å². The lowest BCUT2D eigenvalue weighted by Gasteiger charge is -2.00. The number of nitrogens with zero attached hydrogens (tertiary/aromatic N) is 3. The fourth-order valence-corrected chi connectivity index (χ4v) is 2.77. The lowest BCUT2D eigenvalue weighted by atomic mass is 10.1. The van der Waals surface area contributed by atoms with Crippen LogP contribution in [-0.4, -0.2) is 16.1 Å². The number of anilines is 1. The molecular formula is C17H14N4O2S. The molecule has 3 rings (SSSR count). The lowest BCUT2D eigenvalue weighted by Crippen LogP contribution is -1.95. The Hall–Kier alpha value is -3.06. The Bertz CT molecular complexity index is 891. The predicted octanol–water partition coefficient (Wildman–Crippen LogP) is 4.47. The van der Waals surface area contributed by atoms with Crippen LogP contribution in [-0.2, 0) is 0 Å². The number of rotatable bonds is 5. The number of hydrogen-bond acceptors (Lipinski definition) is 6. The number of aryl methyl sites for hydroxylation is 1. The number of benzene rings is 2. The summed E-state index contributed by atoms with van der Waals surface area (Å²) < 4.78 is 0. The highest BCUT2D eigenvalue weighted by Crippen LogP contribution is 2.24. The van der Waals surface area contributed by atoms with Crippen molar-refractivity contribution in [1.29, 1.82) is 0 Å². The van der Waals surface area contributed by atoms with Gasteiger partial charge in [-0.1, -0.05) is 36.4 Å².